The molecule has 0 unspecified atom stereocenters. The smallest absolute Gasteiger partial charge is 0.413 e. The predicted molar refractivity (Wildman–Crippen MR) is 180 cm³/mol. The fraction of sp³-hybridized carbons (Fsp3) is 0.452. The van der Waals surface area contributed by atoms with Crippen LogP contribution in [0.1, 0.15) is 39.0 Å². The molecule has 18 nitrogen and oxygen atoms in total. The molecule has 7 N–H and O–H groups in total. The number of carboxylic acid groups (broad SMARTS) is 2. The molecule has 0 bridgehead atoms. The number of benzene rings is 1. The number of imidazole rings is 1. The first-order valence-corrected chi connectivity index (χ1v) is 16.1. The monoisotopic (exact) mass is 751 g/mol. The number of nitrogens with one attached hydrogen (secondary N) is 3. The first-order valence-electron chi connectivity index (χ1n) is 15.2. The van der Waals surface area contributed by atoms with E-state index in [0.717, 1.165) is 10.9 Å². The molecule has 274 valence electrons. The molecule has 20 heteroatoms. The Labute approximate surface area is 300 Å². The quantitative estimate of drug-likeness (QED) is 0.0435. The lowest BCUT2D eigenvalue weighted by atomic mass is 9.92. The van der Waals surface area contributed by atoms with E-state index in [1.165, 1.54) is 24.3 Å². The largest absolute Gasteiger partial charge is 0.479 e. The van der Waals surface area contributed by atoms with E-state index in [2.05, 4.69) is 30.9 Å². The fourth-order valence-corrected chi connectivity index (χ4v) is 5.25. The highest BCUT2D eigenvalue weighted by molar-refractivity contribution is 6.28. The topological polar surface area (TPSA) is 257 Å². The number of terminal acetylenes is 1. The highest BCUT2D eigenvalue weighted by Gasteiger charge is 2.58. The first kappa shape index (κ1) is 39.0. The summed E-state index contributed by atoms with van der Waals surface area (Å²) < 4.78 is 17.7. The number of carbonyl (C=O) groups is 4. The molecule has 3 aromatic rings. The number of aliphatic hydroxyl groups excluding tert-OH is 1. The first-order chi connectivity index (χ1) is 23.9. The third-order valence-electron chi connectivity index (χ3n) is 7.47. The van der Waals surface area contributed by atoms with E-state index < -0.39 is 72.3 Å². The number of aliphatic hydroxyl groups is 2. The maximum Gasteiger partial charge on any atom is 0.413 e. The van der Waals surface area contributed by atoms with Gasteiger partial charge in [-0.3, -0.25) is 9.88 Å². The van der Waals surface area contributed by atoms with Crippen molar-refractivity contribution in [1.29, 1.82) is 0 Å². The summed E-state index contributed by atoms with van der Waals surface area (Å²) in [5, 5.41) is 50.0. The number of hydrogen-bond donors (Lipinski definition) is 7. The van der Waals surface area contributed by atoms with Crippen molar-refractivity contribution in [3.8, 4) is 12.3 Å². The van der Waals surface area contributed by atoms with Crippen LogP contribution < -0.4 is 16.0 Å². The Hall–Kier alpha value is -4.77. The Bertz CT molecular complexity index is 1810. The summed E-state index contributed by atoms with van der Waals surface area (Å²) in [6.45, 7) is 4.37. The second-order valence-electron chi connectivity index (χ2n) is 12.3. The number of nitrogens with zero attached hydrogens (tertiary/aromatic N) is 4. The van der Waals surface area contributed by atoms with Crippen molar-refractivity contribution in [3.05, 3.63) is 41.4 Å². The fourth-order valence-electron chi connectivity index (χ4n) is 4.95. The maximum atomic E-state index is 12.5. The van der Waals surface area contributed by atoms with Gasteiger partial charge < -0.3 is 45.3 Å². The highest BCUT2D eigenvalue weighted by Crippen LogP contribution is 2.39. The van der Waals surface area contributed by atoms with E-state index in [-0.39, 0.29) is 27.8 Å². The van der Waals surface area contributed by atoms with Gasteiger partial charge in [-0.2, -0.15) is 9.97 Å². The number of halogens is 2. The van der Waals surface area contributed by atoms with Crippen LogP contribution in [0.2, 0.25) is 5.28 Å². The molecule has 2 aromatic heterocycles. The summed E-state index contributed by atoms with van der Waals surface area (Å²) in [6.07, 6.45) is 0.521. The summed E-state index contributed by atoms with van der Waals surface area (Å²) in [5.41, 5.74) is -5.87. The zero-order chi connectivity index (χ0) is 37.7. The van der Waals surface area contributed by atoms with Gasteiger partial charge in [-0.1, -0.05) is 18.1 Å². The number of alkyl halides is 1. The van der Waals surface area contributed by atoms with Gasteiger partial charge in [0.05, 0.1) is 12.9 Å². The number of amides is 3. The Balaban J connectivity index is 1.56. The van der Waals surface area contributed by atoms with Crippen LogP contribution in [0.25, 0.3) is 11.2 Å². The van der Waals surface area contributed by atoms with Crippen LogP contribution in [-0.4, -0.2) is 112 Å². The summed E-state index contributed by atoms with van der Waals surface area (Å²) in [5.74, 6) is -1.52. The van der Waals surface area contributed by atoms with E-state index in [9.17, 15) is 39.6 Å². The molecule has 0 radical (unpaired) electrons. The molecule has 3 heterocycles. The lowest BCUT2D eigenvalue weighted by molar-refractivity contribution is -0.191. The second kappa shape index (κ2) is 15.6. The van der Waals surface area contributed by atoms with E-state index >= 15 is 0 Å². The molecule has 0 saturated carbocycles. The molecule has 51 heavy (non-hydrogen) atoms. The number of aliphatic carboxylic acids is 2. The third kappa shape index (κ3) is 8.76. The van der Waals surface area contributed by atoms with Crippen LogP contribution in [0, 0.1) is 12.3 Å². The van der Waals surface area contributed by atoms with Crippen LogP contribution in [0.4, 0.5) is 21.1 Å². The lowest BCUT2D eigenvalue weighted by Crippen LogP contribution is -2.55. The van der Waals surface area contributed by atoms with E-state index in [1.54, 1.807) is 20.8 Å². The molecule has 1 aromatic carbocycles. The molecular weight excluding hydrogens is 717 g/mol. The van der Waals surface area contributed by atoms with Crippen LogP contribution in [0.3, 0.4) is 0 Å². The number of hydrogen-bond acceptors (Lipinski definition) is 12. The van der Waals surface area contributed by atoms with Crippen molar-refractivity contribution in [1.82, 2.24) is 24.8 Å². The van der Waals surface area contributed by atoms with Gasteiger partial charge in [0.2, 0.25) is 5.28 Å². The number of fused-ring (bicyclic) bond motifs is 1. The highest BCUT2D eigenvalue weighted by atomic mass is 35.5. The van der Waals surface area contributed by atoms with Crippen LogP contribution in [-0.2, 0) is 30.2 Å². The van der Waals surface area contributed by atoms with Gasteiger partial charge >= 0.3 is 24.1 Å². The van der Waals surface area contributed by atoms with Crippen molar-refractivity contribution in [3.63, 3.8) is 0 Å². The standard InChI is InChI=1S/C31H35Cl2N7O11/c1-5-30(48)18(14-49-31(24(42)43,25(44)45)13-16-7-9-17(10-8-16)36-27(46)34-12-6-11-32)50-23(20(30)41)40-15-35-19-21(37-26(33)39-22(19)40)38-28(47)51-29(2,3)4/h1,7-10,15,18,20,23,41,48H,6,11-14H2,2-4H3,(H,42,43)(H,44,45)(H2,34,36,46)(H,37,38,39,47)/t18-,20+,23-,30-/m1/s1. The minimum atomic E-state index is -2.92. The molecule has 0 spiro atoms. The van der Waals surface area contributed by atoms with Crippen LogP contribution >= 0.6 is 23.2 Å². The van der Waals surface area contributed by atoms with Gasteiger partial charge in [0.15, 0.2) is 28.8 Å². The number of carboxylic acids is 2. The molecule has 1 fully saturated rings. The van der Waals surface area contributed by atoms with Crippen molar-refractivity contribution < 1.29 is 53.8 Å². The van der Waals surface area contributed by atoms with Crippen molar-refractivity contribution in [2.45, 2.75) is 68.9 Å². The van der Waals surface area contributed by atoms with E-state index in [0.29, 0.717) is 24.5 Å². The lowest BCUT2D eigenvalue weighted by Gasteiger charge is -2.30. The molecule has 1 aliphatic rings. The summed E-state index contributed by atoms with van der Waals surface area (Å²) >= 11 is 11.7. The van der Waals surface area contributed by atoms with Crippen molar-refractivity contribution in [2.24, 2.45) is 0 Å². The predicted octanol–water partition coefficient (Wildman–Crippen LogP) is 2.37. The van der Waals surface area contributed by atoms with Crippen molar-refractivity contribution in [2.75, 3.05) is 29.7 Å². The molecule has 4 atom stereocenters. The summed E-state index contributed by atoms with van der Waals surface area (Å²) in [4.78, 5) is 61.6. The zero-order valence-corrected chi connectivity index (χ0v) is 28.9. The van der Waals surface area contributed by atoms with Crippen molar-refractivity contribution >= 4 is 69.9 Å². The van der Waals surface area contributed by atoms with Crippen LogP contribution in [0.5, 0.6) is 0 Å². The van der Waals surface area contributed by atoms with Crippen LogP contribution in [0.15, 0.2) is 30.6 Å². The average Bonchev–Trinajstić information content (AvgIpc) is 3.57. The second-order valence-corrected chi connectivity index (χ2v) is 13.0. The molecule has 1 aliphatic heterocycles. The number of ether oxygens (including phenoxy) is 3. The van der Waals surface area contributed by atoms with Gasteiger partial charge in [-0.15, -0.1) is 18.0 Å². The van der Waals surface area contributed by atoms with Gasteiger partial charge in [-0.05, 0) is 56.5 Å². The number of anilines is 2. The number of rotatable bonds is 13. The summed E-state index contributed by atoms with van der Waals surface area (Å²) in [6, 6.07) is 5.15. The minimum Gasteiger partial charge on any atom is -0.479 e. The summed E-state index contributed by atoms with van der Waals surface area (Å²) in [7, 11) is 0. The van der Waals surface area contributed by atoms with Gasteiger partial charge in [-0.25, -0.2) is 24.2 Å². The van der Waals surface area contributed by atoms with E-state index in [4.69, 9.17) is 43.8 Å². The van der Waals surface area contributed by atoms with E-state index in [1.807, 2.05) is 5.92 Å². The Morgan fingerprint density at radius 3 is 2.37 bits per heavy atom. The Morgan fingerprint density at radius 2 is 1.78 bits per heavy atom. The van der Waals surface area contributed by atoms with Gasteiger partial charge in [0.25, 0.3) is 5.60 Å². The SMILES string of the molecule is C#C[C@@]1(O)[C@@H](COC(Cc2ccc(NC(=O)NCCCCl)cc2)(C(=O)O)C(=O)O)O[C@@H](n2cnc3c(NC(=O)OC(C)(C)C)nc(Cl)nc32)[C@@H]1O. The van der Waals surface area contributed by atoms with Gasteiger partial charge in [0, 0.05) is 24.5 Å². The maximum absolute atomic E-state index is 12.5. The average molecular weight is 753 g/mol. The Morgan fingerprint density at radius 1 is 1.12 bits per heavy atom. The number of carbonyl (C=O) groups excluding carboxylic acids is 2. The molecule has 0 aliphatic carbocycles. The van der Waals surface area contributed by atoms with Gasteiger partial charge in [0.1, 0.15) is 17.8 Å². The normalized spacial score (nSPS) is 20.4. The molecule has 4 rings (SSSR count). The molecular formula is C31H35Cl2N7O11. The number of urea groups is 1. The third-order valence-corrected chi connectivity index (χ3v) is 7.90. The Kier molecular flexibility index (Phi) is 12.0. The molecule has 3 amide bonds. The minimum absolute atomic E-state index is 0.0195. The zero-order valence-electron chi connectivity index (χ0n) is 27.4. The number of aromatic nitrogens is 4. The molecule has 1 saturated heterocycles.